The van der Waals surface area contributed by atoms with E-state index < -0.39 is 0 Å². The molecule has 6 atom stereocenters. The van der Waals surface area contributed by atoms with Crippen LogP contribution in [0.4, 0.5) is 0 Å². The van der Waals surface area contributed by atoms with Gasteiger partial charge in [-0.2, -0.15) is 0 Å². The third-order valence-corrected chi connectivity index (χ3v) is 8.75. The molecule has 2 aliphatic carbocycles. The average Bonchev–Trinajstić information content (AvgIpc) is 3.31. The van der Waals surface area contributed by atoms with Crippen LogP contribution >= 0.6 is 0 Å². The Balaban J connectivity index is 1.41. The second kappa shape index (κ2) is 5.72. The van der Waals surface area contributed by atoms with Crippen molar-refractivity contribution in [2.45, 2.75) is 69.0 Å². The molecule has 0 aromatic heterocycles. The molecule has 3 unspecified atom stereocenters. The Morgan fingerprint density at radius 3 is 2.88 bits per heavy atom. The summed E-state index contributed by atoms with van der Waals surface area (Å²) in [6.07, 6.45) is 12.0. The lowest BCUT2D eigenvalue weighted by Gasteiger charge is -2.61. The molecule has 3 heterocycles. The van der Waals surface area contributed by atoms with E-state index >= 15 is 0 Å². The number of ether oxygens (including phenoxy) is 1. The van der Waals surface area contributed by atoms with Gasteiger partial charge in [-0.3, -0.25) is 9.80 Å². The van der Waals surface area contributed by atoms with Crippen LogP contribution in [0.25, 0.3) is 0 Å². The molecule has 26 heavy (non-hydrogen) atoms. The number of fused-ring (bicyclic) bond motifs is 3. The number of hydrogen-bond acceptors (Lipinski definition) is 3. The second-order valence-electron chi connectivity index (χ2n) is 9.66. The van der Waals surface area contributed by atoms with E-state index in [4.69, 9.17) is 4.74 Å². The van der Waals surface area contributed by atoms with Gasteiger partial charge in [0.1, 0.15) is 5.75 Å². The number of hydrogen-bond donors (Lipinski definition) is 0. The first-order valence-electron chi connectivity index (χ1n) is 11.0. The summed E-state index contributed by atoms with van der Waals surface area (Å²) in [6.45, 7) is 4.03. The van der Waals surface area contributed by atoms with Crippen LogP contribution in [0.3, 0.4) is 0 Å². The first kappa shape index (κ1) is 15.9. The van der Waals surface area contributed by atoms with E-state index in [2.05, 4.69) is 28.0 Å². The van der Waals surface area contributed by atoms with E-state index in [0.29, 0.717) is 5.41 Å². The molecular formula is C23H32N2O. The number of rotatable bonds is 2. The van der Waals surface area contributed by atoms with E-state index in [0.717, 1.165) is 29.8 Å². The molecule has 140 valence electrons. The molecular weight excluding hydrogens is 320 g/mol. The Hall–Kier alpha value is -1.06. The summed E-state index contributed by atoms with van der Waals surface area (Å²) in [5.41, 5.74) is 3.72. The highest BCUT2D eigenvalue weighted by molar-refractivity contribution is 5.45. The van der Waals surface area contributed by atoms with Crippen molar-refractivity contribution in [2.75, 3.05) is 26.7 Å². The van der Waals surface area contributed by atoms with Crippen LogP contribution in [0.15, 0.2) is 18.2 Å². The molecule has 3 heteroatoms. The minimum absolute atomic E-state index is 0.439. The molecule has 3 saturated heterocycles. The molecule has 0 spiro atoms. The molecule has 0 amide bonds. The third-order valence-electron chi connectivity index (χ3n) is 8.75. The van der Waals surface area contributed by atoms with Gasteiger partial charge in [0.2, 0.25) is 0 Å². The maximum atomic E-state index is 5.61. The van der Waals surface area contributed by atoms with Crippen molar-refractivity contribution in [2.24, 2.45) is 11.8 Å². The van der Waals surface area contributed by atoms with Crippen LogP contribution in [-0.2, 0) is 11.8 Å². The van der Waals surface area contributed by atoms with Gasteiger partial charge in [0.05, 0.1) is 13.3 Å². The lowest BCUT2D eigenvalue weighted by molar-refractivity contribution is -0.0677. The van der Waals surface area contributed by atoms with Gasteiger partial charge in [-0.1, -0.05) is 18.9 Å². The van der Waals surface area contributed by atoms with Crippen molar-refractivity contribution in [3.05, 3.63) is 29.3 Å². The Morgan fingerprint density at radius 1 is 1.12 bits per heavy atom. The minimum Gasteiger partial charge on any atom is -0.497 e. The maximum Gasteiger partial charge on any atom is 0.119 e. The standard InChI is InChI=1S/C23H32N2O/c1-26-18-6-5-17-13-21-19-4-2-3-8-23(19,20(17)14-18)9-11-25(21)22-12-16-7-10-24(22)15-16/h5-6,14,16,19,21-22H,2-4,7-13,15H2,1H3/t16?,19-,21-,22?,23+/m0/s1. The lowest BCUT2D eigenvalue weighted by Crippen LogP contribution is -2.64. The maximum absolute atomic E-state index is 5.61. The van der Waals surface area contributed by atoms with Crippen LogP contribution in [0.2, 0.25) is 0 Å². The van der Waals surface area contributed by atoms with Crippen LogP contribution in [0.5, 0.6) is 5.75 Å². The van der Waals surface area contributed by atoms with Crippen molar-refractivity contribution < 1.29 is 4.74 Å². The predicted octanol–water partition coefficient (Wildman–Crippen LogP) is 3.81. The summed E-state index contributed by atoms with van der Waals surface area (Å²) in [6, 6.07) is 7.76. The van der Waals surface area contributed by atoms with Crippen LogP contribution in [0.1, 0.15) is 56.1 Å². The van der Waals surface area contributed by atoms with E-state index in [9.17, 15) is 0 Å². The third kappa shape index (κ3) is 2.08. The van der Waals surface area contributed by atoms with Crippen LogP contribution in [-0.4, -0.2) is 48.8 Å². The predicted molar refractivity (Wildman–Crippen MR) is 104 cm³/mol. The first-order chi connectivity index (χ1) is 12.8. The van der Waals surface area contributed by atoms with Gasteiger partial charge in [0, 0.05) is 24.5 Å². The van der Waals surface area contributed by atoms with Crippen molar-refractivity contribution in [1.29, 1.82) is 0 Å². The zero-order chi connectivity index (χ0) is 17.3. The van der Waals surface area contributed by atoms with Gasteiger partial charge in [-0.25, -0.2) is 0 Å². The molecule has 3 nitrogen and oxygen atoms in total. The number of piperidine rings is 2. The highest BCUT2D eigenvalue weighted by atomic mass is 16.5. The largest absolute Gasteiger partial charge is 0.497 e. The van der Waals surface area contributed by atoms with Gasteiger partial charge in [0.15, 0.2) is 0 Å². The fourth-order valence-electron chi connectivity index (χ4n) is 7.63. The summed E-state index contributed by atoms with van der Waals surface area (Å²) in [4.78, 5) is 5.78. The van der Waals surface area contributed by atoms with Crippen molar-refractivity contribution >= 4 is 0 Å². The van der Waals surface area contributed by atoms with E-state index in [1.54, 1.807) is 11.1 Å². The van der Waals surface area contributed by atoms with Gasteiger partial charge >= 0.3 is 0 Å². The van der Waals surface area contributed by atoms with E-state index in [1.165, 1.54) is 71.0 Å². The Kier molecular flexibility index (Phi) is 3.51. The van der Waals surface area contributed by atoms with Gasteiger partial charge in [0.25, 0.3) is 0 Å². The van der Waals surface area contributed by atoms with E-state index in [1.807, 2.05) is 7.11 Å². The molecule has 1 aromatic rings. The van der Waals surface area contributed by atoms with Crippen molar-refractivity contribution in [3.63, 3.8) is 0 Å². The quantitative estimate of drug-likeness (QED) is 0.805. The summed E-state index contributed by atoms with van der Waals surface area (Å²) >= 11 is 0. The second-order valence-corrected chi connectivity index (χ2v) is 9.66. The Labute approximate surface area is 157 Å². The molecule has 5 aliphatic rings. The molecule has 1 aromatic carbocycles. The van der Waals surface area contributed by atoms with Gasteiger partial charge < -0.3 is 4.74 Å². The zero-order valence-corrected chi connectivity index (χ0v) is 16.1. The molecule has 0 radical (unpaired) electrons. The van der Waals surface area contributed by atoms with Gasteiger partial charge in [-0.05, 0) is 80.2 Å². The lowest BCUT2D eigenvalue weighted by atomic mass is 9.52. The van der Waals surface area contributed by atoms with Crippen LogP contribution < -0.4 is 4.74 Å². The topological polar surface area (TPSA) is 15.7 Å². The SMILES string of the molecule is COc1ccc2c(c1)[C@@]13CCCC[C@H]1[C@H](C2)N(C1CC2CCN1C2)CC3. The number of likely N-dealkylation sites (tertiary alicyclic amines) is 1. The smallest absolute Gasteiger partial charge is 0.119 e. The van der Waals surface area contributed by atoms with Crippen molar-refractivity contribution in [3.8, 4) is 5.75 Å². The van der Waals surface area contributed by atoms with E-state index in [-0.39, 0.29) is 0 Å². The molecule has 3 aliphatic heterocycles. The number of methoxy groups -OCH3 is 1. The molecule has 0 N–H and O–H groups in total. The molecule has 4 fully saturated rings. The summed E-state index contributed by atoms with van der Waals surface area (Å²) in [5, 5.41) is 0. The first-order valence-corrected chi connectivity index (χ1v) is 11.0. The summed E-state index contributed by atoms with van der Waals surface area (Å²) in [5.74, 6) is 2.91. The normalized spacial score (nSPS) is 43.8. The zero-order valence-electron chi connectivity index (χ0n) is 16.1. The average molecular weight is 353 g/mol. The van der Waals surface area contributed by atoms with Crippen LogP contribution in [0, 0.1) is 11.8 Å². The molecule has 6 rings (SSSR count). The highest BCUT2D eigenvalue weighted by Gasteiger charge is 2.56. The minimum atomic E-state index is 0.439. The number of benzene rings is 1. The van der Waals surface area contributed by atoms with Gasteiger partial charge in [-0.15, -0.1) is 0 Å². The fraction of sp³-hybridized carbons (Fsp3) is 0.739. The Morgan fingerprint density at radius 2 is 2.08 bits per heavy atom. The summed E-state index contributed by atoms with van der Waals surface area (Å²) < 4.78 is 5.61. The number of nitrogens with zero attached hydrogens (tertiary/aromatic N) is 2. The summed E-state index contributed by atoms with van der Waals surface area (Å²) in [7, 11) is 1.82. The fourth-order valence-corrected chi connectivity index (χ4v) is 7.63. The molecule has 4 bridgehead atoms. The highest BCUT2D eigenvalue weighted by Crippen LogP contribution is 2.57. The van der Waals surface area contributed by atoms with Crippen molar-refractivity contribution in [1.82, 2.24) is 9.80 Å². The monoisotopic (exact) mass is 352 g/mol. The Bertz CT molecular complexity index is 718. The molecule has 1 saturated carbocycles.